The Kier molecular flexibility index (Phi) is 8.13. The van der Waals surface area contributed by atoms with Crippen molar-refractivity contribution >= 4 is 30.7 Å². The van der Waals surface area contributed by atoms with Gasteiger partial charge in [-0.3, -0.25) is 4.79 Å². The molecule has 0 aromatic carbocycles. The van der Waals surface area contributed by atoms with Crippen LogP contribution in [-0.4, -0.2) is 39.0 Å². The summed E-state index contributed by atoms with van der Waals surface area (Å²) in [5.74, 6) is 0.932. The summed E-state index contributed by atoms with van der Waals surface area (Å²) in [6.45, 7) is 6.78. The van der Waals surface area contributed by atoms with E-state index in [1.165, 1.54) is 0 Å². The van der Waals surface area contributed by atoms with Gasteiger partial charge in [-0.25, -0.2) is 4.98 Å². The third-order valence-electron chi connectivity index (χ3n) is 4.96. The Bertz CT molecular complexity index is 731. The molecule has 1 saturated heterocycles. The smallest absolute Gasteiger partial charge is 0.255 e. The van der Waals surface area contributed by atoms with Crippen molar-refractivity contribution in [2.45, 2.75) is 52.1 Å². The van der Waals surface area contributed by atoms with Crippen LogP contribution < -0.4 is 5.73 Å². The van der Waals surface area contributed by atoms with Crippen LogP contribution in [-0.2, 0) is 0 Å². The second-order valence-electron chi connectivity index (χ2n) is 6.73. The molecule has 2 aromatic rings. The van der Waals surface area contributed by atoms with E-state index in [2.05, 4.69) is 4.98 Å². The number of piperidine rings is 1. The van der Waals surface area contributed by atoms with Gasteiger partial charge in [0.05, 0.1) is 5.56 Å². The number of aryl methyl sites for hydroxylation is 1. The summed E-state index contributed by atoms with van der Waals surface area (Å²) in [5, 5.41) is 0. The maximum atomic E-state index is 13.2. The van der Waals surface area contributed by atoms with Crippen LogP contribution in [0, 0.1) is 13.8 Å². The van der Waals surface area contributed by atoms with Crippen molar-refractivity contribution in [1.29, 1.82) is 0 Å². The molecule has 0 bridgehead atoms. The van der Waals surface area contributed by atoms with Crippen LogP contribution in [0.1, 0.15) is 47.9 Å². The molecule has 0 saturated carbocycles. The molecule has 2 N–H and O–H groups in total. The lowest BCUT2D eigenvalue weighted by molar-refractivity contribution is 0.0583. The van der Waals surface area contributed by atoms with Gasteiger partial charge in [-0.05, 0) is 58.2 Å². The summed E-state index contributed by atoms with van der Waals surface area (Å²) >= 11 is 0. The highest BCUT2D eigenvalue weighted by Crippen LogP contribution is 2.25. The van der Waals surface area contributed by atoms with E-state index in [-0.39, 0.29) is 42.8 Å². The van der Waals surface area contributed by atoms with E-state index in [0.717, 1.165) is 48.6 Å². The second kappa shape index (κ2) is 9.40. The van der Waals surface area contributed by atoms with E-state index in [9.17, 15) is 4.79 Å². The molecule has 7 heteroatoms. The lowest BCUT2D eigenvalue weighted by Crippen LogP contribution is -2.51. The van der Waals surface area contributed by atoms with Crippen molar-refractivity contribution < 1.29 is 4.79 Å². The Hall–Kier alpha value is -1.56. The van der Waals surface area contributed by atoms with Crippen molar-refractivity contribution in [1.82, 2.24) is 14.5 Å². The second-order valence-corrected chi connectivity index (χ2v) is 6.73. The third-order valence-corrected chi connectivity index (χ3v) is 4.96. The van der Waals surface area contributed by atoms with Crippen LogP contribution >= 0.6 is 24.8 Å². The highest BCUT2D eigenvalue weighted by atomic mass is 35.5. The van der Waals surface area contributed by atoms with Gasteiger partial charge in [0, 0.05) is 36.2 Å². The predicted octanol–water partition coefficient (Wildman–Crippen LogP) is 3.67. The summed E-state index contributed by atoms with van der Waals surface area (Å²) in [4.78, 5) is 19.6. The molecular formula is C19H28Cl2N4O. The fraction of sp³-hybridized carbons (Fsp3) is 0.474. The van der Waals surface area contributed by atoms with Crippen molar-refractivity contribution in [2.75, 3.05) is 6.54 Å². The highest BCUT2D eigenvalue weighted by molar-refractivity contribution is 5.96. The van der Waals surface area contributed by atoms with E-state index in [1.54, 1.807) is 6.20 Å². The molecule has 2 unspecified atom stereocenters. The minimum absolute atomic E-state index is 0. The largest absolute Gasteiger partial charge is 0.334 e. The summed E-state index contributed by atoms with van der Waals surface area (Å²) in [7, 11) is 0. The molecule has 1 amide bonds. The summed E-state index contributed by atoms with van der Waals surface area (Å²) < 4.78 is 2.04. The molecule has 3 rings (SSSR count). The first kappa shape index (κ1) is 22.5. The van der Waals surface area contributed by atoms with E-state index < -0.39 is 0 Å². The molecule has 2 aromatic heterocycles. The van der Waals surface area contributed by atoms with E-state index in [1.807, 2.05) is 54.5 Å². The van der Waals surface area contributed by atoms with Crippen molar-refractivity contribution in [3.05, 3.63) is 47.4 Å². The van der Waals surface area contributed by atoms with Gasteiger partial charge in [-0.2, -0.15) is 0 Å². The van der Waals surface area contributed by atoms with Crippen LogP contribution in [0.4, 0.5) is 0 Å². The number of hydrogen-bond donors (Lipinski definition) is 1. The van der Waals surface area contributed by atoms with Crippen LogP contribution in [0.3, 0.4) is 0 Å². The molecule has 2 atom stereocenters. The summed E-state index contributed by atoms with van der Waals surface area (Å²) in [6, 6.07) is 7.90. The minimum atomic E-state index is -0.00599. The first-order valence-electron chi connectivity index (χ1n) is 8.67. The lowest BCUT2D eigenvalue weighted by atomic mass is 9.96. The Morgan fingerprint density at radius 3 is 2.62 bits per heavy atom. The SMILES string of the molecule is Cc1cc(C(=O)N2CCCCC2C(C)N)c(C)n1-c1ccccn1.Cl.Cl. The zero-order valence-corrected chi connectivity index (χ0v) is 17.1. The maximum Gasteiger partial charge on any atom is 0.255 e. The molecule has 1 fully saturated rings. The van der Waals surface area contributed by atoms with Gasteiger partial charge < -0.3 is 15.2 Å². The number of rotatable bonds is 3. The number of nitrogens with two attached hydrogens (primary N) is 1. The molecule has 0 radical (unpaired) electrons. The number of nitrogens with zero attached hydrogens (tertiary/aromatic N) is 3. The number of likely N-dealkylation sites (tertiary alicyclic amines) is 1. The average molecular weight is 399 g/mol. The zero-order valence-electron chi connectivity index (χ0n) is 15.5. The number of pyridine rings is 1. The van der Waals surface area contributed by atoms with Crippen LogP contribution in [0.2, 0.25) is 0 Å². The first-order valence-corrected chi connectivity index (χ1v) is 8.67. The monoisotopic (exact) mass is 398 g/mol. The fourth-order valence-electron chi connectivity index (χ4n) is 3.73. The molecule has 144 valence electrons. The number of carbonyl (C=O) groups excluding carboxylic acids is 1. The Morgan fingerprint density at radius 1 is 1.27 bits per heavy atom. The fourth-order valence-corrected chi connectivity index (χ4v) is 3.73. The van der Waals surface area contributed by atoms with Gasteiger partial charge in [0.15, 0.2) is 0 Å². The van der Waals surface area contributed by atoms with Gasteiger partial charge in [0.25, 0.3) is 5.91 Å². The van der Waals surface area contributed by atoms with E-state index in [4.69, 9.17) is 5.73 Å². The molecule has 3 heterocycles. The number of amides is 1. The van der Waals surface area contributed by atoms with Gasteiger partial charge in [-0.1, -0.05) is 6.07 Å². The van der Waals surface area contributed by atoms with Gasteiger partial charge in [0.2, 0.25) is 0 Å². The molecule has 1 aliphatic rings. The van der Waals surface area contributed by atoms with E-state index in [0.29, 0.717) is 0 Å². The normalized spacial score (nSPS) is 17.8. The number of hydrogen-bond acceptors (Lipinski definition) is 3. The average Bonchev–Trinajstić information content (AvgIpc) is 2.89. The molecule has 26 heavy (non-hydrogen) atoms. The van der Waals surface area contributed by atoms with Gasteiger partial charge in [-0.15, -0.1) is 24.8 Å². The molecule has 5 nitrogen and oxygen atoms in total. The molecular weight excluding hydrogens is 371 g/mol. The van der Waals surface area contributed by atoms with Gasteiger partial charge in [0.1, 0.15) is 5.82 Å². The molecule has 0 spiro atoms. The first-order chi connectivity index (χ1) is 11.5. The van der Waals surface area contributed by atoms with Crippen LogP contribution in [0.5, 0.6) is 0 Å². The lowest BCUT2D eigenvalue weighted by Gasteiger charge is -2.38. The number of aromatic nitrogens is 2. The third kappa shape index (κ3) is 4.22. The quantitative estimate of drug-likeness (QED) is 0.857. The van der Waals surface area contributed by atoms with Crippen molar-refractivity contribution in [3.8, 4) is 5.82 Å². The number of halogens is 2. The Labute approximate surface area is 167 Å². The highest BCUT2D eigenvalue weighted by Gasteiger charge is 2.31. The standard InChI is InChI=1S/C19H26N4O.2ClH/c1-13-12-16(15(3)23(13)18-9-4-6-10-21-18)19(24)22-11-7-5-8-17(22)14(2)20;;/h4,6,9-10,12,14,17H,5,7-8,11,20H2,1-3H3;2*1H. The predicted molar refractivity (Wildman–Crippen MR) is 110 cm³/mol. The van der Waals surface area contributed by atoms with Crippen LogP contribution in [0.15, 0.2) is 30.5 Å². The minimum Gasteiger partial charge on any atom is -0.334 e. The Morgan fingerprint density at radius 2 is 2.00 bits per heavy atom. The molecule has 1 aliphatic heterocycles. The Balaban J connectivity index is 0.00000169. The summed E-state index contributed by atoms with van der Waals surface area (Å²) in [6.07, 6.45) is 4.95. The van der Waals surface area contributed by atoms with Crippen molar-refractivity contribution in [2.24, 2.45) is 5.73 Å². The maximum absolute atomic E-state index is 13.2. The van der Waals surface area contributed by atoms with Crippen LogP contribution in [0.25, 0.3) is 5.82 Å². The van der Waals surface area contributed by atoms with E-state index >= 15 is 0 Å². The summed E-state index contributed by atoms with van der Waals surface area (Å²) in [5.41, 5.74) is 8.84. The van der Waals surface area contributed by atoms with Crippen molar-refractivity contribution in [3.63, 3.8) is 0 Å². The van der Waals surface area contributed by atoms with Gasteiger partial charge >= 0.3 is 0 Å². The number of carbonyl (C=O) groups is 1. The zero-order chi connectivity index (χ0) is 17.3. The molecule has 0 aliphatic carbocycles. The topological polar surface area (TPSA) is 64.2 Å².